The number of carboxylic acid groups (broad SMARTS) is 1. The van der Waals surface area contributed by atoms with Crippen molar-refractivity contribution in [2.24, 2.45) is 0 Å². The number of urea groups is 1. The van der Waals surface area contributed by atoms with Gasteiger partial charge in [-0.2, -0.15) is 0 Å². The molecular formula is C24H26FN3O5S. The molecule has 0 aromatic heterocycles. The van der Waals surface area contributed by atoms with Gasteiger partial charge < -0.3 is 20.4 Å². The molecule has 10 heteroatoms. The minimum atomic E-state index is -1.65. The van der Waals surface area contributed by atoms with Crippen LogP contribution in [0.1, 0.15) is 25.7 Å². The average molecular weight is 488 g/mol. The number of aliphatic hydroxyl groups excluding tert-OH is 1. The molecule has 1 saturated heterocycles. The van der Waals surface area contributed by atoms with Crippen LogP contribution in [-0.2, 0) is 9.59 Å². The molecule has 8 nitrogen and oxygen atoms in total. The lowest BCUT2D eigenvalue weighted by Gasteiger charge is -2.40. The summed E-state index contributed by atoms with van der Waals surface area (Å²) < 4.78 is 13.0. The van der Waals surface area contributed by atoms with Crippen molar-refractivity contribution in [2.75, 3.05) is 18.1 Å². The summed E-state index contributed by atoms with van der Waals surface area (Å²) in [4.78, 5) is 43.1. The number of hydrogen-bond acceptors (Lipinski definition) is 5. The van der Waals surface area contributed by atoms with Crippen molar-refractivity contribution in [1.29, 1.82) is 0 Å². The second-order valence-electron chi connectivity index (χ2n) is 8.30. The first-order chi connectivity index (χ1) is 16.4. The first-order valence-electron chi connectivity index (χ1n) is 11.1. The SMILES string of the molecule is O=C(O)C[C@H](NC(=O)[C@@H]1CCCCN1C(=O)N1c2ccccc2Sc2ccccc21)[C@H](O)CF. The lowest BCUT2D eigenvalue weighted by atomic mass is 10.00. The summed E-state index contributed by atoms with van der Waals surface area (Å²) in [5, 5.41) is 21.4. The molecule has 0 unspecified atom stereocenters. The first-order valence-corrected chi connectivity index (χ1v) is 11.9. The number of carbonyl (C=O) groups is 3. The number of halogens is 1. The molecule has 180 valence electrons. The third-order valence-electron chi connectivity index (χ3n) is 6.02. The number of piperidine rings is 1. The van der Waals surface area contributed by atoms with Crippen LogP contribution >= 0.6 is 11.8 Å². The summed E-state index contributed by atoms with van der Waals surface area (Å²) in [7, 11) is 0. The zero-order valence-corrected chi connectivity index (χ0v) is 19.2. The maximum absolute atomic E-state index is 13.9. The number of nitrogens with zero attached hydrogens (tertiary/aromatic N) is 2. The Morgan fingerprint density at radius 1 is 1.06 bits per heavy atom. The third kappa shape index (κ3) is 4.88. The van der Waals surface area contributed by atoms with E-state index in [0.29, 0.717) is 25.8 Å². The number of likely N-dealkylation sites (tertiary alicyclic amines) is 1. The van der Waals surface area contributed by atoms with Crippen LogP contribution in [0.25, 0.3) is 0 Å². The number of rotatable bonds is 6. The number of carboxylic acids is 1. The van der Waals surface area contributed by atoms with E-state index in [1.807, 2.05) is 48.5 Å². The summed E-state index contributed by atoms with van der Waals surface area (Å²) >= 11 is 1.57. The summed E-state index contributed by atoms with van der Waals surface area (Å²) in [5.74, 6) is -1.87. The number of para-hydroxylation sites is 2. The molecule has 2 aromatic carbocycles. The van der Waals surface area contributed by atoms with Gasteiger partial charge in [0.1, 0.15) is 18.8 Å². The number of aliphatic carboxylic acids is 1. The van der Waals surface area contributed by atoms with Crippen molar-refractivity contribution in [3.8, 4) is 0 Å². The number of nitrogens with one attached hydrogen (secondary N) is 1. The number of alkyl halides is 1. The Balaban J connectivity index is 1.62. The second-order valence-corrected chi connectivity index (χ2v) is 9.38. The smallest absolute Gasteiger partial charge is 0.329 e. The number of amides is 3. The Kier molecular flexibility index (Phi) is 7.38. The van der Waals surface area contributed by atoms with Crippen LogP contribution in [0.3, 0.4) is 0 Å². The highest BCUT2D eigenvalue weighted by Crippen LogP contribution is 2.48. The molecule has 2 aliphatic heterocycles. The van der Waals surface area contributed by atoms with Gasteiger partial charge in [-0.25, -0.2) is 9.18 Å². The molecule has 3 atom stereocenters. The van der Waals surface area contributed by atoms with E-state index in [1.165, 1.54) is 4.90 Å². The number of benzene rings is 2. The second kappa shape index (κ2) is 10.4. The molecule has 0 bridgehead atoms. The highest BCUT2D eigenvalue weighted by molar-refractivity contribution is 7.99. The number of hydrogen-bond donors (Lipinski definition) is 3. The number of fused-ring (bicyclic) bond motifs is 2. The molecule has 3 amide bonds. The van der Waals surface area contributed by atoms with Gasteiger partial charge in [-0.15, -0.1) is 0 Å². The average Bonchev–Trinajstić information content (AvgIpc) is 2.85. The molecule has 2 aromatic rings. The number of carbonyl (C=O) groups excluding carboxylic acids is 2. The van der Waals surface area contributed by atoms with Crippen LogP contribution in [0.2, 0.25) is 0 Å². The Bertz CT molecular complexity index is 1040. The predicted octanol–water partition coefficient (Wildman–Crippen LogP) is 3.55. The van der Waals surface area contributed by atoms with Gasteiger partial charge in [0.05, 0.1) is 23.8 Å². The largest absolute Gasteiger partial charge is 0.481 e. The fourth-order valence-corrected chi connectivity index (χ4v) is 5.39. The minimum absolute atomic E-state index is 0.347. The van der Waals surface area contributed by atoms with Gasteiger partial charge in [-0.1, -0.05) is 36.0 Å². The molecule has 4 rings (SSSR count). The molecule has 0 spiro atoms. The molecule has 34 heavy (non-hydrogen) atoms. The number of aliphatic hydroxyl groups is 1. The van der Waals surface area contributed by atoms with Gasteiger partial charge in [0.15, 0.2) is 0 Å². The Labute approximate surface area is 200 Å². The standard InChI is InChI=1S/C24H26FN3O5S/c25-14-19(29)15(13-22(30)31)26-23(32)18-9-5-6-12-27(18)24(33)28-16-7-1-3-10-20(16)34-21-11-4-2-8-17(21)28/h1-4,7-8,10-11,15,18-19,29H,5-6,9,12-14H2,(H,26,32)(H,30,31)/t15-,18-,19+/m0/s1. The zero-order valence-electron chi connectivity index (χ0n) is 18.4. The highest BCUT2D eigenvalue weighted by Gasteiger charge is 2.39. The maximum Gasteiger partial charge on any atom is 0.329 e. The topological polar surface area (TPSA) is 110 Å². The van der Waals surface area contributed by atoms with Crippen molar-refractivity contribution in [3.63, 3.8) is 0 Å². The van der Waals surface area contributed by atoms with E-state index >= 15 is 0 Å². The molecular weight excluding hydrogens is 461 g/mol. The summed E-state index contributed by atoms with van der Waals surface area (Å²) in [6.45, 7) is -0.843. The zero-order chi connectivity index (χ0) is 24.2. The van der Waals surface area contributed by atoms with Gasteiger partial charge in [0, 0.05) is 16.3 Å². The van der Waals surface area contributed by atoms with E-state index in [-0.39, 0.29) is 6.03 Å². The van der Waals surface area contributed by atoms with Gasteiger partial charge >= 0.3 is 12.0 Å². The van der Waals surface area contributed by atoms with Crippen molar-refractivity contribution < 1.29 is 29.0 Å². The van der Waals surface area contributed by atoms with Crippen molar-refractivity contribution in [3.05, 3.63) is 48.5 Å². The monoisotopic (exact) mass is 487 g/mol. The predicted molar refractivity (Wildman–Crippen MR) is 125 cm³/mol. The van der Waals surface area contributed by atoms with Crippen LogP contribution in [-0.4, -0.2) is 64.4 Å². The molecule has 3 N–H and O–H groups in total. The third-order valence-corrected chi connectivity index (χ3v) is 7.15. The van der Waals surface area contributed by atoms with Gasteiger partial charge in [0.25, 0.3) is 0 Å². The van der Waals surface area contributed by atoms with Gasteiger partial charge in [-0.3, -0.25) is 14.5 Å². The summed E-state index contributed by atoms with van der Waals surface area (Å²) in [5.41, 5.74) is 1.44. The Hall–Kier alpha value is -3.11. The Morgan fingerprint density at radius 2 is 1.68 bits per heavy atom. The van der Waals surface area contributed by atoms with Crippen molar-refractivity contribution >= 4 is 41.0 Å². The van der Waals surface area contributed by atoms with E-state index in [9.17, 15) is 23.9 Å². The van der Waals surface area contributed by atoms with Crippen LogP contribution in [0.15, 0.2) is 58.3 Å². The van der Waals surface area contributed by atoms with E-state index in [0.717, 1.165) is 21.2 Å². The van der Waals surface area contributed by atoms with Crippen LogP contribution in [0, 0.1) is 0 Å². The Morgan fingerprint density at radius 3 is 2.26 bits per heavy atom. The number of anilines is 2. The fraction of sp³-hybridized carbons (Fsp3) is 0.375. The van der Waals surface area contributed by atoms with E-state index in [4.69, 9.17) is 5.11 Å². The van der Waals surface area contributed by atoms with Crippen molar-refractivity contribution in [1.82, 2.24) is 10.2 Å². The molecule has 2 heterocycles. The normalized spacial score (nSPS) is 18.9. The van der Waals surface area contributed by atoms with Crippen LogP contribution in [0.5, 0.6) is 0 Å². The lowest BCUT2D eigenvalue weighted by molar-refractivity contribution is -0.139. The fourth-order valence-electron chi connectivity index (χ4n) is 4.33. The molecule has 0 aliphatic carbocycles. The van der Waals surface area contributed by atoms with E-state index < -0.39 is 43.2 Å². The summed E-state index contributed by atoms with van der Waals surface area (Å²) in [6, 6.07) is 12.6. The minimum Gasteiger partial charge on any atom is -0.481 e. The van der Waals surface area contributed by atoms with Crippen LogP contribution in [0.4, 0.5) is 20.6 Å². The molecule has 0 radical (unpaired) electrons. The highest BCUT2D eigenvalue weighted by atomic mass is 32.2. The molecule has 1 fully saturated rings. The quantitative estimate of drug-likeness (QED) is 0.575. The molecule has 2 aliphatic rings. The van der Waals surface area contributed by atoms with E-state index in [2.05, 4.69) is 5.32 Å². The first kappa shape index (κ1) is 24.0. The molecule has 0 saturated carbocycles. The van der Waals surface area contributed by atoms with E-state index in [1.54, 1.807) is 16.7 Å². The lowest BCUT2D eigenvalue weighted by Crippen LogP contribution is -2.58. The van der Waals surface area contributed by atoms with Crippen molar-refractivity contribution in [2.45, 2.75) is 53.7 Å². The van der Waals surface area contributed by atoms with Gasteiger partial charge in [-0.05, 0) is 43.5 Å². The summed E-state index contributed by atoms with van der Waals surface area (Å²) in [6.07, 6.45) is -0.463. The van der Waals surface area contributed by atoms with Gasteiger partial charge in [0.2, 0.25) is 5.91 Å². The maximum atomic E-state index is 13.9. The van der Waals surface area contributed by atoms with Crippen LogP contribution < -0.4 is 10.2 Å².